The standard InChI is InChI=1S/C14H14N2O4/c1-9-6-11(13(17)18)2-3-12(9)16-14(19)15-7-10-4-5-20-8-10/h2-6,8H,7H2,1H3,(H,17,18)(H2,15,16,19). The van der Waals surface area contributed by atoms with Crippen molar-refractivity contribution in [2.75, 3.05) is 5.32 Å². The van der Waals surface area contributed by atoms with E-state index in [4.69, 9.17) is 9.52 Å². The zero-order valence-electron chi connectivity index (χ0n) is 10.8. The fourth-order valence-electron chi connectivity index (χ4n) is 1.68. The van der Waals surface area contributed by atoms with Crippen LogP contribution in [0.2, 0.25) is 0 Å². The minimum Gasteiger partial charge on any atom is -0.478 e. The van der Waals surface area contributed by atoms with Crippen LogP contribution >= 0.6 is 0 Å². The van der Waals surface area contributed by atoms with Gasteiger partial charge in [-0.05, 0) is 36.8 Å². The molecule has 2 rings (SSSR count). The van der Waals surface area contributed by atoms with Crippen LogP contribution in [0.4, 0.5) is 10.5 Å². The number of aromatic carboxylic acids is 1. The number of benzene rings is 1. The molecule has 0 fully saturated rings. The second kappa shape index (κ2) is 5.92. The average molecular weight is 274 g/mol. The highest BCUT2D eigenvalue weighted by atomic mass is 16.4. The number of carbonyl (C=O) groups excluding carboxylic acids is 1. The number of nitrogens with one attached hydrogen (secondary N) is 2. The number of carbonyl (C=O) groups is 2. The van der Waals surface area contributed by atoms with Crippen LogP contribution in [0.25, 0.3) is 0 Å². The van der Waals surface area contributed by atoms with Crippen LogP contribution in [0.5, 0.6) is 0 Å². The molecule has 20 heavy (non-hydrogen) atoms. The molecule has 2 aromatic rings. The molecule has 1 heterocycles. The molecule has 1 aromatic carbocycles. The third-order valence-electron chi connectivity index (χ3n) is 2.75. The summed E-state index contributed by atoms with van der Waals surface area (Å²) >= 11 is 0. The van der Waals surface area contributed by atoms with Crippen molar-refractivity contribution in [1.29, 1.82) is 0 Å². The highest BCUT2D eigenvalue weighted by Gasteiger charge is 2.08. The van der Waals surface area contributed by atoms with Gasteiger partial charge in [-0.25, -0.2) is 9.59 Å². The van der Waals surface area contributed by atoms with E-state index in [1.54, 1.807) is 25.3 Å². The van der Waals surface area contributed by atoms with Crippen LogP contribution in [0.3, 0.4) is 0 Å². The highest BCUT2D eigenvalue weighted by molar-refractivity contribution is 5.92. The minimum atomic E-state index is -0.996. The Morgan fingerprint density at radius 1 is 1.30 bits per heavy atom. The predicted octanol–water partition coefficient (Wildman–Crippen LogP) is 2.61. The van der Waals surface area contributed by atoms with E-state index >= 15 is 0 Å². The van der Waals surface area contributed by atoms with Gasteiger partial charge in [0.1, 0.15) is 0 Å². The largest absolute Gasteiger partial charge is 0.478 e. The van der Waals surface area contributed by atoms with Gasteiger partial charge in [-0.3, -0.25) is 0 Å². The van der Waals surface area contributed by atoms with Gasteiger partial charge in [0, 0.05) is 17.8 Å². The molecule has 0 atom stereocenters. The van der Waals surface area contributed by atoms with Crippen molar-refractivity contribution in [3.63, 3.8) is 0 Å². The molecule has 1 aromatic heterocycles. The molecule has 0 radical (unpaired) electrons. The monoisotopic (exact) mass is 274 g/mol. The fourth-order valence-corrected chi connectivity index (χ4v) is 1.68. The molecular formula is C14H14N2O4. The number of furan rings is 1. The third-order valence-corrected chi connectivity index (χ3v) is 2.75. The Hall–Kier alpha value is -2.76. The Morgan fingerprint density at radius 3 is 2.70 bits per heavy atom. The highest BCUT2D eigenvalue weighted by Crippen LogP contribution is 2.16. The van der Waals surface area contributed by atoms with Crippen molar-refractivity contribution < 1.29 is 19.1 Å². The van der Waals surface area contributed by atoms with Crippen molar-refractivity contribution in [2.45, 2.75) is 13.5 Å². The number of anilines is 1. The summed E-state index contributed by atoms with van der Waals surface area (Å²) in [4.78, 5) is 22.5. The van der Waals surface area contributed by atoms with Crippen LogP contribution < -0.4 is 10.6 Å². The van der Waals surface area contributed by atoms with Gasteiger partial charge in [0.05, 0.1) is 18.1 Å². The van der Waals surface area contributed by atoms with Gasteiger partial charge in [0.2, 0.25) is 0 Å². The number of carboxylic acids is 1. The first-order valence-corrected chi connectivity index (χ1v) is 5.96. The SMILES string of the molecule is Cc1cc(C(=O)O)ccc1NC(=O)NCc1ccoc1. The topological polar surface area (TPSA) is 91.6 Å². The van der Waals surface area contributed by atoms with Crippen molar-refractivity contribution in [3.05, 3.63) is 53.5 Å². The van der Waals surface area contributed by atoms with Crippen LogP contribution in [-0.2, 0) is 6.54 Å². The maximum absolute atomic E-state index is 11.7. The Bertz CT molecular complexity index is 620. The number of amides is 2. The smallest absolute Gasteiger partial charge is 0.335 e. The predicted molar refractivity (Wildman–Crippen MR) is 72.7 cm³/mol. The molecule has 2 amide bonds. The van der Waals surface area contributed by atoms with Gasteiger partial charge in [0.15, 0.2) is 0 Å². The molecule has 3 N–H and O–H groups in total. The molecule has 0 aliphatic rings. The van der Waals surface area contributed by atoms with Crippen molar-refractivity contribution in [1.82, 2.24) is 5.32 Å². The first-order chi connectivity index (χ1) is 9.56. The first-order valence-electron chi connectivity index (χ1n) is 5.96. The zero-order valence-corrected chi connectivity index (χ0v) is 10.8. The maximum Gasteiger partial charge on any atom is 0.335 e. The van der Waals surface area contributed by atoms with E-state index in [0.29, 0.717) is 17.8 Å². The Labute approximate surface area is 115 Å². The molecular weight excluding hydrogens is 260 g/mol. The molecule has 0 bridgehead atoms. The normalized spacial score (nSPS) is 10.1. The van der Waals surface area contributed by atoms with E-state index in [0.717, 1.165) is 5.56 Å². The second-order valence-corrected chi connectivity index (χ2v) is 4.27. The molecule has 104 valence electrons. The van der Waals surface area contributed by atoms with Gasteiger partial charge in [0.25, 0.3) is 0 Å². The lowest BCUT2D eigenvalue weighted by atomic mass is 10.1. The summed E-state index contributed by atoms with van der Waals surface area (Å²) in [6, 6.07) is 5.91. The average Bonchev–Trinajstić information content (AvgIpc) is 2.91. The molecule has 0 saturated heterocycles. The summed E-state index contributed by atoms with van der Waals surface area (Å²) in [7, 11) is 0. The maximum atomic E-state index is 11.7. The quantitative estimate of drug-likeness (QED) is 0.799. The molecule has 0 aliphatic heterocycles. The Morgan fingerprint density at radius 2 is 2.10 bits per heavy atom. The lowest BCUT2D eigenvalue weighted by Gasteiger charge is -2.10. The summed E-state index contributed by atoms with van der Waals surface area (Å²) in [6.07, 6.45) is 3.08. The van der Waals surface area contributed by atoms with Gasteiger partial charge in [-0.15, -0.1) is 0 Å². The third kappa shape index (κ3) is 3.38. The Balaban J connectivity index is 1.95. The first kappa shape index (κ1) is 13.7. The van der Waals surface area contributed by atoms with Crippen LogP contribution in [0.15, 0.2) is 41.2 Å². The molecule has 6 heteroatoms. The summed E-state index contributed by atoms with van der Waals surface area (Å²) < 4.78 is 4.89. The summed E-state index contributed by atoms with van der Waals surface area (Å²) in [5, 5.41) is 14.2. The van der Waals surface area contributed by atoms with E-state index in [1.807, 2.05) is 0 Å². The summed E-state index contributed by atoms with van der Waals surface area (Å²) in [5.74, 6) is -0.996. The fraction of sp³-hybridized carbons (Fsp3) is 0.143. The number of carboxylic acid groups (broad SMARTS) is 1. The van der Waals surface area contributed by atoms with E-state index in [2.05, 4.69) is 10.6 Å². The molecule has 6 nitrogen and oxygen atoms in total. The van der Waals surface area contributed by atoms with Crippen LogP contribution in [0, 0.1) is 6.92 Å². The van der Waals surface area contributed by atoms with Gasteiger partial charge < -0.3 is 20.2 Å². The Kier molecular flexibility index (Phi) is 4.05. The zero-order chi connectivity index (χ0) is 14.5. The minimum absolute atomic E-state index is 0.187. The number of hydrogen-bond donors (Lipinski definition) is 3. The number of aryl methyl sites for hydroxylation is 1. The van der Waals surface area contributed by atoms with Crippen LogP contribution in [0.1, 0.15) is 21.5 Å². The van der Waals surface area contributed by atoms with Crippen molar-refractivity contribution in [3.8, 4) is 0 Å². The van der Waals surface area contributed by atoms with E-state index < -0.39 is 5.97 Å². The van der Waals surface area contributed by atoms with Gasteiger partial charge in [-0.2, -0.15) is 0 Å². The number of rotatable bonds is 4. The number of urea groups is 1. The van der Waals surface area contributed by atoms with E-state index in [9.17, 15) is 9.59 Å². The van der Waals surface area contributed by atoms with Gasteiger partial charge >= 0.3 is 12.0 Å². The lowest BCUT2D eigenvalue weighted by molar-refractivity contribution is 0.0697. The summed E-state index contributed by atoms with van der Waals surface area (Å²) in [5.41, 5.74) is 2.30. The molecule has 0 unspecified atom stereocenters. The van der Waals surface area contributed by atoms with E-state index in [-0.39, 0.29) is 11.6 Å². The molecule has 0 spiro atoms. The van der Waals surface area contributed by atoms with Gasteiger partial charge in [-0.1, -0.05) is 0 Å². The van der Waals surface area contributed by atoms with E-state index in [1.165, 1.54) is 18.4 Å². The second-order valence-electron chi connectivity index (χ2n) is 4.27. The summed E-state index contributed by atoms with van der Waals surface area (Å²) in [6.45, 7) is 2.09. The van der Waals surface area contributed by atoms with Crippen molar-refractivity contribution >= 4 is 17.7 Å². The van der Waals surface area contributed by atoms with Crippen molar-refractivity contribution in [2.24, 2.45) is 0 Å². The lowest BCUT2D eigenvalue weighted by Crippen LogP contribution is -2.28. The van der Waals surface area contributed by atoms with Crippen LogP contribution in [-0.4, -0.2) is 17.1 Å². The number of hydrogen-bond acceptors (Lipinski definition) is 3. The molecule has 0 aliphatic carbocycles. The molecule has 0 saturated carbocycles.